The van der Waals surface area contributed by atoms with E-state index in [2.05, 4.69) is 69.9 Å². The van der Waals surface area contributed by atoms with Crippen LogP contribution < -0.4 is 0 Å². The summed E-state index contributed by atoms with van der Waals surface area (Å²) in [6.45, 7) is 11.0. The van der Waals surface area contributed by atoms with E-state index in [0.29, 0.717) is 0 Å². The highest BCUT2D eigenvalue weighted by atomic mass is 28.4. The van der Waals surface area contributed by atoms with E-state index in [9.17, 15) is 0 Å². The average molecular weight is 248 g/mol. The molecular weight excluding hydrogens is 224 g/mol. The van der Waals surface area contributed by atoms with Crippen LogP contribution in [-0.4, -0.2) is 13.9 Å². The zero-order valence-electron chi connectivity index (χ0n) is 11.7. The maximum atomic E-state index is 6.25. The molecule has 94 valence electrons. The maximum absolute atomic E-state index is 6.25. The van der Waals surface area contributed by atoms with E-state index in [0.717, 1.165) is 6.42 Å². The molecule has 1 unspecified atom stereocenters. The van der Waals surface area contributed by atoms with Crippen LogP contribution >= 0.6 is 0 Å². The zero-order chi connectivity index (χ0) is 12.9. The number of benzene rings is 1. The molecule has 0 bridgehead atoms. The second-order valence-corrected chi connectivity index (χ2v) is 10.1. The van der Waals surface area contributed by atoms with Gasteiger partial charge >= 0.3 is 0 Å². The molecule has 2 heteroatoms. The molecule has 1 aromatic carbocycles. The Morgan fingerprint density at radius 3 is 2.24 bits per heavy atom. The number of hydrogen-bond donors (Lipinski definition) is 0. The molecule has 0 fully saturated rings. The van der Waals surface area contributed by atoms with E-state index in [-0.39, 0.29) is 5.60 Å². The van der Waals surface area contributed by atoms with Crippen molar-refractivity contribution >= 4 is 14.4 Å². The summed E-state index contributed by atoms with van der Waals surface area (Å²) in [5.41, 5.74) is 1.09. The first-order chi connectivity index (χ1) is 7.85. The van der Waals surface area contributed by atoms with Crippen molar-refractivity contribution in [3.05, 3.63) is 42.0 Å². The van der Waals surface area contributed by atoms with Crippen molar-refractivity contribution in [3.8, 4) is 0 Å². The maximum Gasteiger partial charge on any atom is 0.184 e. The molecule has 0 spiro atoms. The Morgan fingerprint density at radius 1 is 1.18 bits per heavy atom. The average Bonchev–Trinajstić information content (AvgIpc) is 2.26. The van der Waals surface area contributed by atoms with Gasteiger partial charge in [0.25, 0.3) is 0 Å². The fourth-order valence-corrected chi connectivity index (χ4v) is 3.37. The molecule has 1 rings (SSSR count). The lowest BCUT2D eigenvalue weighted by atomic mass is 10.0. The fraction of sp³-hybridized carbons (Fsp3) is 0.467. The fourth-order valence-electron chi connectivity index (χ4n) is 1.76. The minimum Gasteiger partial charge on any atom is -0.409 e. The molecule has 0 aliphatic heterocycles. The summed E-state index contributed by atoms with van der Waals surface area (Å²) in [5.74, 6) is 0. The Labute approximate surface area is 107 Å². The van der Waals surface area contributed by atoms with Crippen LogP contribution in [0, 0.1) is 0 Å². The van der Waals surface area contributed by atoms with Gasteiger partial charge in [-0.1, -0.05) is 49.4 Å². The van der Waals surface area contributed by atoms with Gasteiger partial charge in [-0.3, -0.25) is 0 Å². The largest absolute Gasteiger partial charge is 0.409 e. The molecule has 1 aromatic rings. The predicted octanol–water partition coefficient (Wildman–Crippen LogP) is 4.72. The van der Waals surface area contributed by atoms with Gasteiger partial charge in [-0.15, -0.1) is 0 Å². The second kappa shape index (κ2) is 5.65. The quantitative estimate of drug-likeness (QED) is 0.685. The SMILES string of the molecule is CCC(C)(/C=C/c1ccccc1)O[Si](C)(C)C. The molecule has 1 nitrogen and oxygen atoms in total. The van der Waals surface area contributed by atoms with E-state index in [1.54, 1.807) is 0 Å². The molecule has 17 heavy (non-hydrogen) atoms. The van der Waals surface area contributed by atoms with Crippen LogP contribution in [0.15, 0.2) is 36.4 Å². The predicted molar refractivity (Wildman–Crippen MR) is 78.6 cm³/mol. The van der Waals surface area contributed by atoms with E-state index in [1.807, 2.05) is 6.07 Å². The summed E-state index contributed by atoms with van der Waals surface area (Å²) in [7, 11) is -1.50. The van der Waals surface area contributed by atoms with Crippen molar-refractivity contribution in [2.75, 3.05) is 0 Å². The number of hydrogen-bond acceptors (Lipinski definition) is 1. The molecule has 0 N–H and O–H groups in total. The van der Waals surface area contributed by atoms with Crippen LogP contribution in [0.4, 0.5) is 0 Å². The van der Waals surface area contributed by atoms with Gasteiger partial charge in [-0.05, 0) is 38.5 Å². The van der Waals surface area contributed by atoms with Crippen LogP contribution in [0.3, 0.4) is 0 Å². The third kappa shape index (κ3) is 5.33. The van der Waals surface area contributed by atoms with E-state index in [1.165, 1.54) is 5.56 Å². The van der Waals surface area contributed by atoms with E-state index < -0.39 is 8.32 Å². The van der Waals surface area contributed by atoms with Gasteiger partial charge in [0.15, 0.2) is 8.32 Å². The summed E-state index contributed by atoms with van der Waals surface area (Å²) in [5, 5.41) is 0. The standard InChI is InChI=1S/C15H24OSi/c1-6-15(2,16-17(3,4)5)13-12-14-10-8-7-9-11-14/h7-13H,6H2,1-5H3/b13-12+. The van der Waals surface area contributed by atoms with Crippen LogP contribution in [0.2, 0.25) is 19.6 Å². The van der Waals surface area contributed by atoms with Crippen molar-refractivity contribution < 1.29 is 4.43 Å². The molecule has 0 heterocycles. The molecule has 1 atom stereocenters. The lowest BCUT2D eigenvalue weighted by Gasteiger charge is -2.33. The Hall–Kier alpha value is -0.863. The molecule has 0 saturated heterocycles. The van der Waals surface area contributed by atoms with Crippen molar-refractivity contribution in [2.45, 2.75) is 45.5 Å². The normalized spacial score (nSPS) is 16.1. The summed E-state index contributed by atoms with van der Waals surface area (Å²) in [4.78, 5) is 0. The van der Waals surface area contributed by atoms with Crippen LogP contribution in [-0.2, 0) is 4.43 Å². The van der Waals surface area contributed by atoms with Gasteiger partial charge < -0.3 is 4.43 Å². The van der Waals surface area contributed by atoms with Crippen molar-refractivity contribution in [3.63, 3.8) is 0 Å². The molecular formula is C15H24OSi. The van der Waals surface area contributed by atoms with Gasteiger partial charge in [0, 0.05) is 0 Å². The van der Waals surface area contributed by atoms with Gasteiger partial charge in [-0.25, -0.2) is 0 Å². The lowest BCUT2D eigenvalue weighted by Crippen LogP contribution is -2.38. The summed E-state index contributed by atoms with van der Waals surface area (Å²) < 4.78 is 6.25. The first-order valence-corrected chi connectivity index (χ1v) is 9.70. The Bertz CT molecular complexity index is 364. The minimum atomic E-state index is -1.50. The topological polar surface area (TPSA) is 9.23 Å². The summed E-state index contributed by atoms with van der Waals surface area (Å²) in [6.07, 6.45) is 5.35. The van der Waals surface area contributed by atoms with Crippen LogP contribution in [0.5, 0.6) is 0 Å². The third-order valence-electron chi connectivity index (χ3n) is 2.67. The highest BCUT2D eigenvalue weighted by Gasteiger charge is 2.27. The van der Waals surface area contributed by atoms with Gasteiger partial charge in [-0.2, -0.15) is 0 Å². The first kappa shape index (κ1) is 14.2. The highest BCUT2D eigenvalue weighted by molar-refractivity contribution is 6.69. The van der Waals surface area contributed by atoms with Crippen LogP contribution in [0.25, 0.3) is 6.08 Å². The molecule has 0 radical (unpaired) electrons. The Kier molecular flexibility index (Phi) is 4.72. The molecule has 0 aromatic heterocycles. The highest BCUT2D eigenvalue weighted by Crippen LogP contribution is 2.23. The zero-order valence-corrected chi connectivity index (χ0v) is 12.7. The molecule has 0 saturated carbocycles. The van der Waals surface area contributed by atoms with Crippen LogP contribution in [0.1, 0.15) is 25.8 Å². The van der Waals surface area contributed by atoms with Gasteiger partial charge in [0.2, 0.25) is 0 Å². The van der Waals surface area contributed by atoms with E-state index >= 15 is 0 Å². The van der Waals surface area contributed by atoms with Gasteiger partial charge in [0.05, 0.1) is 5.60 Å². The van der Waals surface area contributed by atoms with E-state index in [4.69, 9.17) is 4.43 Å². The Balaban J connectivity index is 2.79. The van der Waals surface area contributed by atoms with Crippen molar-refractivity contribution in [2.24, 2.45) is 0 Å². The monoisotopic (exact) mass is 248 g/mol. The lowest BCUT2D eigenvalue weighted by molar-refractivity contribution is 0.129. The number of rotatable bonds is 5. The van der Waals surface area contributed by atoms with Crippen molar-refractivity contribution in [1.82, 2.24) is 0 Å². The smallest absolute Gasteiger partial charge is 0.184 e. The molecule has 0 aliphatic rings. The second-order valence-electron chi connectivity index (χ2n) is 5.62. The summed E-state index contributed by atoms with van der Waals surface area (Å²) in [6, 6.07) is 10.4. The minimum absolute atomic E-state index is 0.139. The first-order valence-electron chi connectivity index (χ1n) is 6.29. The summed E-state index contributed by atoms with van der Waals surface area (Å²) >= 11 is 0. The van der Waals surface area contributed by atoms with Gasteiger partial charge in [0.1, 0.15) is 0 Å². The van der Waals surface area contributed by atoms with Crippen molar-refractivity contribution in [1.29, 1.82) is 0 Å². The molecule has 0 aliphatic carbocycles. The Morgan fingerprint density at radius 2 is 1.76 bits per heavy atom. The molecule has 0 amide bonds. The third-order valence-corrected chi connectivity index (χ3v) is 3.75.